The van der Waals surface area contributed by atoms with E-state index in [1.165, 1.54) is 12.1 Å². The Labute approximate surface area is 110 Å². The maximum atomic E-state index is 13.3. The lowest BCUT2D eigenvalue weighted by molar-refractivity contribution is 0.627. The Balaban J connectivity index is 2.44. The molecule has 0 amide bonds. The van der Waals surface area contributed by atoms with Crippen LogP contribution in [0.1, 0.15) is 6.92 Å². The number of hydrogen-bond donors (Lipinski definition) is 3. The molecule has 0 radical (unpaired) electrons. The van der Waals surface area contributed by atoms with Crippen molar-refractivity contribution in [2.45, 2.75) is 6.92 Å². The van der Waals surface area contributed by atoms with E-state index in [2.05, 4.69) is 15.4 Å². The van der Waals surface area contributed by atoms with Gasteiger partial charge >= 0.3 is 0 Å². The van der Waals surface area contributed by atoms with Crippen LogP contribution in [-0.2, 0) is 0 Å². The number of halogens is 1. The number of aromatic nitrogens is 2. The summed E-state index contributed by atoms with van der Waals surface area (Å²) in [5.74, 6) is 6.06. The molecule has 0 atom stereocenters. The third kappa shape index (κ3) is 2.89. The molecule has 0 fully saturated rings. The predicted octanol–water partition coefficient (Wildman–Crippen LogP) is 1.64. The third-order valence-corrected chi connectivity index (χ3v) is 2.59. The zero-order valence-corrected chi connectivity index (χ0v) is 10.5. The lowest BCUT2D eigenvalue weighted by Crippen LogP contribution is -2.19. The quantitative estimate of drug-likeness (QED) is 0.573. The highest BCUT2D eigenvalue weighted by atomic mass is 19.1. The molecule has 0 spiro atoms. The third-order valence-electron chi connectivity index (χ3n) is 2.59. The molecule has 1 aromatic carbocycles. The van der Waals surface area contributed by atoms with Gasteiger partial charge in [0.15, 0.2) is 0 Å². The second-order valence-corrected chi connectivity index (χ2v) is 3.84. The summed E-state index contributed by atoms with van der Waals surface area (Å²) in [5.41, 5.74) is 8.72. The molecule has 1 aromatic heterocycles. The first-order valence-corrected chi connectivity index (χ1v) is 5.78. The van der Waals surface area contributed by atoms with Crippen molar-refractivity contribution < 1.29 is 4.39 Å². The number of nitrogens with two attached hydrogens (primary N) is 2. The second-order valence-electron chi connectivity index (χ2n) is 3.84. The van der Waals surface area contributed by atoms with Crippen molar-refractivity contribution in [1.29, 1.82) is 0 Å². The number of nitrogens with zero attached hydrogens (tertiary/aromatic N) is 3. The Morgan fingerprint density at radius 3 is 2.74 bits per heavy atom. The Morgan fingerprint density at radius 1 is 1.32 bits per heavy atom. The fourth-order valence-corrected chi connectivity index (χ4v) is 1.79. The molecule has 0 saturated heterocycles. The summed E-state index contributed by atoms with van der Waals surface area (Å²) in [7, 11) is 0. The number of hydrogen-bond acceptors (Lipinski definition) is 6. The van der Waals surface area contributed by atoms with Gasteiger partial charge in [0.25, 0.3) is 0 Å². The predicted molar refractivity (Wildman–Crippen MR) is 73.3 cm³/mol. The van der Waals surface area contributed by atoms with Crippen LogP contribution >= 0.6 is 0 Å². The van der Waals surface area contributed by atoms with Gasteiger partial charge in [0.1, 0.15) is 17.5 Å². The monoisotopic (exact) mass is 262 g/mol. The highest BCUT2D eigenvalue weighted by molar-refractivity contribution is 5.63. The van der Waals surface area contributed by atoms with E-state index >= 15 is 0 Å². The normalized spacial score (nSPS) is 10.3. The van der Waals surface area contributed by atoms with Gasteiger partial charge in [-0.15, -0.1) is 0 Å². The van der Waals surface area contributed by atoms with Crippen LogP contribution < -0.4 is 21.9 Å². The van der Waals surface area contributed by atoms with Crippen molar-refractivity contribution in [2.24, 2.45) is 5.84 Å². The SMILES string of the molecule is CCN(c1cccc(F)c1)c1cc(NN)nc(N)n1. The van der Waals surface area contributed by atoms with Crippen LogP contribution in [0.5, 0.6) is 0 Å². The number of anilines is 4. The minimum atomic E-state index is -0.310. The van der Waals surface area contributed by atoms with Crippen LogP contribution in [0.3, 0.4) is 0 Å². The molecular formula is C12H15FN6. The zero-order chi connectivity index (χ0) is 13.8. The standard InChI is InChI=1S/C12H15FN6/c1-2-19(9-5-3-4-8(13)6-9)11-7-10(18-15)16-12(14)17-11/h3-7H,2,15H2,1H3,(H3,14,16,17,18). The van der Waals surface area contributed by atoms with Gasteiger partial charge in [-0.25, -0.2) is 10.2 Å². The van der Waals surface area contributed by atoms with Crippen molar-refractivity contribution in [3.63, 3.8) is 0 Å². The number of nitrogens with one attached hydrogen (secondary N) is 1. The molecule has 5 N–H and O–H groups in total. The Kier molecular flexibility index (Phi) is 3.76. The summed E-state index contributed by atoms with van der Waals surface area (Å²) in [6.07, 6.45) is 0. The molecule has 0 aliphatic rings. The Morgan fingerprint density at radius 2 is 2.11 bits per heavy atom. The minimum absolute atomic E-state index is 0.0975. The van der Waals surface area contributed by atoms with Crippen molar-refractivity contribution in [3.8, 4) is 0 Å². The second kappa shape index (κ2) is 5.49. The smallest absolute Gasteiger partial charge is 0.224 e. The molecule has 19 heavy (non-hydrogen) atoms. The van der Waals surface area contributed by atoms with E-state index in [1.807, 2.05) is 11.8 Å². The van der Waals surface area contributed by atoms with Gasteiger partial charge in [-0.05, 0) is 25.1 Å². The maximum Gasteiger partial charge on any atom is 0.224 e. The topological polar surface area (TPSA) is 93.1 Å². The lowest BCUT2D eigenvalue weighted by atomic mass is 10.2. The summed E-state index contributed by atoms with van der Waals surface area (Å²) in [6.45, 7) is 2.53. The van der Waals surface area contributed by atoms with Crippen LogP contribution in [0.25, 0.3) is 0 Å². The molecule has 6 nitrogen and oxygen atoms in total. The van der Waals surface area contributed by atoms with Crippen molar-refractivity contribution in [1.82, 2.24) is 9.97 Å². The van der Waals surface area contributed by atoms with E-state index in [9.17, 15) is 4.39 Å². The average molecular weight is 262 g/mol. The summed E-state index contributed by atoms with van der Waals surface area (Å²) in [6, 6.07) is 7.89. The molecule has 0 aliphatic carbocycles. The van der Waals surface area contributed by atoms with Crippen LogP contribution in [0.4, 0.5) is 27.7 Å². The first kappa shape index (κ1) is 13.0. The molecule has 0 aliphatic heterocycles. The lowest BCUT2D eigenvalue weighted by Gasteiger charge is -2.22. The Bertz CT molecular complexity index is 574. The summed E-state index contributed by atoms with van der Waals surface area (Å²) < 4.78 is 13.3. The summed E-state index contributed by atoms with van der Waals surface area (Å²) in [5, 5.41) is 0. The highest BCUT2D eigenvalue weighted by Crippen LogP contribution is 2.25. The van der Waals surface area contributed by atoms with E-state index < -0.39 is 0 Å². The van der Waals surface area contributed by atoms with Gasteiger partial charge in [0.2, 0.25) is 5.95 Å². The van der Waals surface area contributed by atoms with Gasteiger partial charge in [0, 0.05) is 18.3 Å². The highest BCUT2D eigenvalue weighted by Gasteiger charge is 2.11. The fraction of sp³-hybridized carbons (Fsp3) is 0.167. The number of rotatable bonds is 4. The molecule has 2 rings (SSSR count). The van der Waals surface area contributed by atoms with Gasteiger partial charge < -0.3 is 16.1 Å². The van der Waals surface area contributed by atoms with E-state index in [-0.39, 0.29) is 11.8 Å². The summed E-state index contributed by atoms with van der Waals surface area (Å²) in [4.78, 5) is 9.85. The van der Waals surface area contributed by atoms with E-state index in [4.69, 9.17) is 11.6 Å². The number of nitrogen functional groups attached to an aromatic ring is 2. The average Bonchev–Trinajstić information content (AvgIpc) is 2.39. The van der Waals surface area contributed by atoms with Crippen LogP contribution in [0.2, 0.25) is 0 Å². The van der Waals surface area contributed by atoms with Gasteiger partial charge in [0.05, 0.1) is 0 Å². The van der Waals surface area contributed by atoms with E-state index in [0.29, 0.717) is 23.9 Å². The first-order chi connectivity index (χ1) is 9.13. The molecule has 100 valence electrons. The molecule has 0 unspecified atom stereocenters. The molecule has 1 heterocycles. The molecule has 7 heteroatoms. The Hall–Kier alpha value is -2.41. The van der Waals surface area contributed by atoms with Gasteiger partial charge in [-0.1, -0.05) is 6.07 Å². The molecule has 2 aromatic rings. The summed E-state index contributed by atoms with van der Waals surface area (Å²) >= 11 is 0. The number of benzene rings is 1. The number of hydrazine groups is 1. The molecule has 0 bridgehead atoms. The van der Waals surface area contributed by atoms with Crippen molar-refractivity contribution in [3.05, 3.63) is 36.1 Å². The van der Waals surface area contributed by atoms with Crippen LogP contribution in [-0.4, -0.2) is 16.5 Å². The minimum Gasteiger partial charge on any atom is -0.368 e. The first-order valence-electron chi connectivity index (χ1n) is 5.78. The van der Waals surface area contributed by atoms with Crippen molar-refractivity contribution in [2.75, 3.05) is 22.6 Å². The van der Waals surface area contributed by atoms with E-state index in [1.54, 1.807) is 18.2 Å². The van der Waals surface area contributed by atoms with E-state index in [0.717, 1.165) is 0 Å². The zero-order valence-electron chi connectivity index (χ0n) is 10.5. The fourth-order valence-electron chi connectivity index (χ4n) is 1.79. The molecule has 0 saturated carbocycles. The van der Waals surface area contributed by atoms with Crippen LogP contribution in [0.15, 0.2) is 30.3 Å². The largest absolute Gasteiger partial charge is 0.368 e. The van der Waals surface area contributed by atoms with Crippen molar-refractivity contribution >= 4 is 23.3 Å². The van der Waals surface area contributed by atoms with Crippen LogP contribution in [0, 0.1) is 5.82 Å². The molecular weight excluding hydrogens is 247 g/mol. The van der Waals surface area contributed by atoms with Gasteiger partial charge in [-0.3, -0.25) is 0 Å². The maximum absolute atomic E-state index is 13.3. The van der Waals surface area contributed by atoms with Gasteiger partial charge in [-0.2, -0.15) is 9.97 Å².